The Labute approximate surface area is 69.0 Å². The predicted octanol–water partition coefficient (Wildman–Crippen LogP) is 0.757. The minimum atomic E-state index is -0.337. The molecule has 0 aromatic rings. The highest BCUT2D eigenvalue weighted by Crippen LogP contribution is 1.98. The molecule has 3 unspecified atom stereocenters. The van der Waals surface area contributed by atoms with Crippen molar-refractivity contribution < 1.29 is 5.11 Å². The molecular formula is C9H17NO. The number of nitrogens with one attached hydrogen (secondary N) is 1. The Bertz CT molecular complexity index is 137. The van der Waals surface area contributed by atoms with Crippen LogP contribution in [0.1, 0.15) is 27.2 Å². The molecule has 0 bridgehead atoms. The zero-order valence-electron chi connectivity index (χ0n) is 7.46. The predicted molar refractivity (Wildman–Crippen MR) is 47.2 cm³/mol. The summed E-state index contributed by atoms with van der Waals surface area (Å²) in [5.74, 6) is 2.56. The van der Waals surface area contributed by atoms with Crippen LogP contribution in [0.25, 0.3) is 0 Å². The van der Waals surface area contributed by atoms with Gasteiger partial charge in [-0.1, -0.05) is 12.8 Å². The van der Waals surface area contributed by atoms with Gasteiger partial charge in [-0.3, -0.25) is 5.32 Å². The van der Waals surface area contributed by atoms with Crippen LogP contribution in [0.2, 0.25) is 0 Å². The van der Waals surface area contributed by atoms with E-state index in [0.717, 1.165) is 6.42 Å². The lowest BCUT2D eigenvalue weighted by Gasteiger charge is -2.21. The monoisotopic (exact) mass is 155 g/mol. The van der Waals surface area contributed by atoms with E-state index in [1.54, 1.807) is 6.92 Å². The highest BCUT2D eigenvalue weighted by Gasteiger charge is 2.13. The molecule has 0 aromatic carbocycles. The first-order valence-electron chi connectivity index (χ1n) is 4.02. The molecule has 0 aliphatic carbocycles. The number of hydrogen-bond donors (Lipinski definition) is 2. The molecule has 0 fully saturated rings. The molecule has 2 nitrogen and oxygen atoms in total. The smallest absolute Gasteiger partial charge is 0.0665 e. The summed E-state index contributed by atoms with van der Waals surface area (Å²) in [6.45, 7) is 5.70. The molecule has 11 heavy (non-hydrogen) atoms. The van der Waals surface area contributed by atoms with Gasteiger partial charge in [0.25, 0.3) is 0 Å². The molecule has 0 aromatic heterocycles. The first kappa shape index (κ1) is 10.5. The minimum Gasteiger partial charge on any atom is -0.392 e. The van der Waals surface area contributed by atoms with Crippen LogP contribution >= 0.6 is 0 Å². The summed E-state index contributed by atoms with van der Waals surface area (Å²) in [7, 11) is 0. The van der Waals surface area contributed by atoms with Gasteiger partial charge in [0.1, 0.15) is 0 Å². The normalized spacial score (nSPS) is 18.5. The van der Waals surface area contributed by atoms with Crippen LogP contribution in [0.4, 0.5) is 0 Å². The van der Waals surface area contributed by atoms with E-state index in [1.165, 1.54) is 0 Å². The van der Waals surface area contributed by atoms with Gasteiger partial charge in [-0.15, -0.1) is 6.42 Å². The molecule has 0 aliphatic rings. The van der Waals surface area contributed by atoms with Crippen molar-refractivity contribution in [3.63, 3.8) is 0 Å². The van der Waals surface area contributed by atoms with Crippen molar-refractivity contribution in [1.29, 1.82) is 0 Å². The summed E-state index contributed by atoms with van der Waals surface area (Å²) in [5.41, 5.74) is 0. The summed E-state index contributed by atoms with van der Waals surface area (Å²) >= 11 is 0. The van der Waals surface area contributed by atoms with E-state index in [2.05, 4.69) is 11.2 Å². The fourth-order valence-corrected chi connectivity index (χ4v) is 0.967. The van der Waals surface area contributed by atoms with Crippen molar-refractivity contribution >= 4 is 0 Å². The zero-order chi connectivity index (χ0) is 8.85. The average molecular weight is 155 g/mol. The molecule has 0 spiro atoms. The molecule has 2 N–H and O–H groups in total. The van der Waals surface area contributed by atoms with E-state index in [4.69, 9.17) is 6.42 Å². The van der Waals surface area contributed by atoms with Gasteiger partial charge < -0.3 is 5.11 Å². The second-order valence-corrected chi connectivity index (χ2v) is 2.81. The van der Waals surface area contributed by atoms with Crippen molar-refractivity contribution in [3.05, 3.63) is 0 Å². The SMILES string of the molecule is C#CC(C)NC(CC)C(C)O. The van der Waals surface area contributed by atoms with E-state index in [0.29, 0.717) is 0 Å². The molecule has 0 saturated heterocycles. The topological polar surface area (TPSA) is 32.3 Å². The number of aliphatic hydroxyl groups excluding tert-OH is 1. The van der Waals surface area contributed by atoms with Crippen molar-refractivity contribution in [2.75, 3.05) is 0 Å². The number of aliphatic hydroxyl groups is 1. The van der Waals surface area contributed by atoms with Crippen LogP contribution in [0.15, 0.2) is 0 Å². The van der Waals surface area contributed by atoms with Gasteiger partial charge in [0.05, 0.1) is 12.1 Å². The summed E-state index contributed by atoms with van der Waals surface area (Å²) in [6, 6.07) is 0.149. The fraction of sp³-hybridized carbons (Fsp3) is 0.778. The number of terminal acetylenes is 1. The number of rotatable bonds is 4. The van der Waals surface area contributed by atoms with Crippen LogP contribution in [-0.4, -0.2) is 23.3 Å². The molecular weight excluding hydrogens is 138 g/mol. The Kier molecular flexibility index (Phi) is 4.93. The summed E-state index contributed by atoms with van der Waals surface area (Å²) in [5, 5.41) is 12.4. The number of hydrogen-bond acceptors (Lipinski definition) is 2. The minimum absolute atomic E-state index is 0.0366. The third-order valence-electron chi connectivity index (χ3n) is 1.74. The first-order valence-corrected chi connectivity index (χ1v) is 4.02. The molecule has 3 atom stereocenters. The van der Waals surface area contributed by atoms with Crippen LogP contribution in [0.3, 0.4) is 0 Å². The van der Waals surface area contributed by atoms with E-state index in [1.807, 2.05) is 13.8 Å². The second kappa shape index (κ2) is 5.17. The fourth-order valence-electron chi connectivity index (χ4n) is 0.967. The maximum atomic E-state index is 9.23. The van der Waals surface area contributed by atoms with Crippen molar-refractivity contribution in [2.24, 2.45) is 0 Å². The molecule has 64 valence electrons. The maximum absolute atomic E-state index is 9.23. The molecule has 0 radical (unpaired) electrons. The molecule has 0 rings (SSSR count). The third kappa shape index (κ3) is 4.02. The molecule has 0 heterocycles. The van der Waals surface area contributed by atoms with Crippen LogP contribution in [0, 0.1) is 12.3 Å². The molecule has 0 amide bonds. The Morgan fingerprint density at radius 2 is 2.09 bits per heavy atom. The van der Waals surface area contributed by atoms with E-state index < -0.39 is 0 Å². The lowest BCUT2D eigenvalue weighted by Crippen LogP contribution is -2.42. The van der Waals surface area contributed by atoms with Crippen molar-refractivity contribution in [1.82, 2.24) is 5.32 Å². The average Bonchev–Trinajstić information content (AvgIpc) is 1.99. The highest BCUT2D eigenvalue weighted by atomic mass is 16.3. The molecule has 0 aliphatic heterocycles. The van der Waals surface area contributed by atoms with E-state index in [9.17, 15) is 5.11 Å². The summed E-state index contributed by atoms with van der Waals surface area (Å²) in [4.78, 5) is 0. The maximum Gasteiger partial charge on any atom is 0.0665 e. The summed E-state index contributed by atoms with van der Waals surface area (Å²) in [6.07, 6.45) is 5.74. The quantitative estimate of drug-likeness (QED) is 0.587. The Hall–Kier alpha value is -0.520. The largest absolute Gasteiger partial charge is 0.392 e. The van der Waals surface area contributed by atoms with Gasteiger partial charge in [0.2, 0.25) is 0 Å². The lowest BCUT2D eigenvalue weighted by atomic mass is 10.1. The summed E-state index contributed by atoms with van der Waals surface area (Å²) < 4.78 is 0. The van der Waals surface area contributed by atoms with Crippen molar-refractivity contribution in [3.8, 4) is 12.3 Å². The van der Waals surface area contributed by atoms with Gasteiger partial charge in [-0.25, -0.2) is 0 Å². The van der Waals surface area contributed by atoms with Crippen LogP contribution in [0.5, 0.6) is 0 Å². The van der Waals surface area contributed by atoms with E-state index in [-0.39, 0.29) is 18.2 Å². The Morgan fingerprint density at radius 1 is 1.55 bits per heavy atom. The van der Waals surface area contributed by atoms with Gasteiger partial charge >= 0.3 is 0 Å². The third-order valence-corrected chi connectivity index (χ3v) is 1.74. The highest BCUT2D eigenvalue weighted by molar-refractivity contribution is 4.97. The standard InChI is InChI=1S/C9H17NO/c1-5-7(3)10-9(6-2)8(4)11/h1,7-11H,6H2,2-4H3. The van der Waals surface area contributed by atoms with Crippen molar-refractivity contribution in [2.45, 2.75) is 45.4 Å². The van der Waals surface area contributed by atoms with Gasteiger partial charge in [-0.2, -0.15) is 0 Å². The lowest BCUT2D eigenvalue weighted by molar-refractivity contribution is 0.140. The molecule has 2 heteroatoms. The van der Waals surface area contributed by atoms with Gasteiger partial charge in [0.15, 0.2) is 0 Å². The van der Waals surface area contributed by atoms with Crippen LogP contribution in [-0.2, 0) is 0 Å². The van der Waals surface area contributed by atoms with Crippen LogP contribution < -0.4 is 5.32 Å². The Morgan fingerprint density at radius 3 is 2.36 bits per heavy atom. The Balaban J connectivity index is 3.80. The van der Waals surface area contributed by atoms with Gasteiger partial charge in [0, 0.05) is 6.04 Å². The molecule has 0 saturated carbocycles. The van der Waals surface area contributed by atoms with Gasteiger partial charge in [-0.05, 0) is 20.3 Å². The van der Waals surface area contributed by atoms with E-state index >= 15 is 0 Å². The second-order valence-electron chi connectivity index (χ2n) is 2.81. The zero-order valence-corrected chi connectivity index (χ0v) is 7.46. The first-order chi connectivity index (χ1) is 5.11.